The molecule has 0 spiro atoms. The van der Waals surface area contributed by atoms with E-state index in [-0.39, 0.29) is 5.44 Å². The van der Waals surface area contributed by atoms with Gasteiger partial charge in [-0.15, -0.1) is 11.8 Å². The lowest BCUT2D eigenvalue weighted by Gasteiger charge is -2.21. The first-order valence-corrected chi connectivity index (χ1v) is 8.06. The van der Waals surface area contributed by atoms with Crippen molar-refractivity contribution in [2.75, 3.05) is 17.3 Å². The van der Waals surface area contributed by atoms with Crippen LogP contribution in [0.15, 0.2) is 12.7 Å². The van der Waals surface area contributed by atoms with Crippen LogP contribution in [0.25, 0.3) is 0 Å². The second-order valence-electron chi connectivity index (χ2n) is 3.80. The summed E-state index contributed by atoms with van der Waals surface area (Å²) in [6.07, 6.45) is 2.51. The van der Waals surface area contributed by atoms with Crippen LogP contribution in [-0.2, 0) is 19.1 Å². The van der Waals surface area contributed by atoms with Gasteiger partial charge >= 0.3 is 11.9 Å². The highest BCUT2D eigenvalue weighted by atomic mass is 32.2. The van der Waals surface area contributed by atoms with Gasteiger partial charge in [-0.25, -0.2) is 9.59 Å². The summed E-state index contributed by atoms with van der Waals surface area (Å²) in [4.78, 5) is 22.7. The summed E-state index contributed by atoms with van der Waals surface area (Å²) in [5, 5.41) is 0. The van der Waals surface area contributed by atoms with Crippen LogP contribution in [0.4, 0.5) is 0 Å². The molecule has 1 aliphatic heterocycles. The lowest BCUT2D eigenvalue weighted by Crippen LogP contribution is -2.30. The molecule has 0 aromatic heterocycles. The number of esters is 2. The van der Waals surface area contributed by atoms with E-state index in [1.165, 1.54) is 13.3 Å². The van der Waals surface area contributed by atoms with Gasteiger partial charge in [-0.05, 0) is 31.3 Å². The second kappa shape index (κ2) is 8.48. The third kappa shape index (κ3) is 5.82. The Morgan fingerprint density at radius 1 is 1.39 bits per heavy atom. The minimum atomic E-state index is -0.883. The van der Waals surface area contributed by atoms with Gasteiger partial charge in [0.2, 0.25) is 0 Å². The zero-order chi connectivity index (χ0) is 13.4. The van der Waals surface area contributed by atoms with Gasteiger partial charge in [0.15, 0.2) is 11.5 Å². The molecule has 0 N–H and O–H groups in total. The van der Waals surface area contributed by atoms with Crippen molar-refractivity contribution in [2.45, 2.75) is 31.3 Å². The Hall–Kier alpha value is -0.620. The largest absolute Gasteiger partial charge is 0.448 e. The van der Waals surface area contributed by atoms with Gasteiger partial charge in [-0.2, -0.15) is 11.8 Å². The summed E-state index contributed by atoms with van der Waals surface area (Å²) in [6.45, 7) is 4.78. The minimum Gasteiger partial charge on any atom is -0.448 e. The Kier molecular flexibility index (Phi) is 7.27. The van der Waals surface area contributed by atoms with Crippen LogP contribution >= 0.6 is 23.5 Å². The fourth-order valence-electron chi connectivity index (χ4n) is 1.31. The zero-order valence-corrected chi connectivity index (χ0v) is 12.1. The Morgan fingerprint density at radius 2 is 2.11 bits per heavy atom. The molecule has 0 saturated carbocycles. The van der Waals surface area contributed by atoms with E-state index in [4.69, 9.17) is 9.47 Å². The van der Waals surface area contributed by atoms with Crippen LogP contribution in [0.2, 0.25) is 0 Å². The Bertz CT molecular complexity index is 298. The van der Waals surface area contributed by atoms with Gasteiger partial charge in [-0.1, -0.05) is 6.58 Å². The van der Waals surface area contributed by atoms with Crippen molar-refractivity contribution in [1.29, 1.82) is 0 Å². The summed E-state index contributed by atoms with van der Waals surface area (Å²) in [5.41, 5.74) is -0.146. The molecule has 18 heavy (non-hydrogen) atoms. The number of carbonyl (C=O) groups is 2. The van der Waals surface area contributed by atoms with Crippen molar-refractivity contribution in [3.63, 3.8) is 0 Å². The summed E-state index contributed by atoms with van der Waals surface area (Å²) >= 11 is 3.43. The maximum Gasteiger partial charge on any atom is 0.348 e. The van der Waals surface area contributed by atoms with Gasteiger partial charge < -0.3 is 9.47 Å². The molecule has 2 atom stereocenters. The smallest absolute Gasteiger partial charge is 0.348 e. The molecule has 0 aromatic carbocycles. The van der Waals surface area contributed by atoms with Gasteiger partial charge in [0, 0.05) is 11.8 Å². The highest BCUT2D eigenvalue weighted by Crippen LogP contribution is 2.24. The lowest BCUT2D eigenvalue weighted by atomic mass is 10.4. The van der Waals surface area contributed by atoms with E-state index in [2.05, 4.69) is 6.58 Å². The van der Waals surface area contributed by atoms with E-state index in [1.54, 1.807) is 23.5 Å². The molecule has 0 aromatic rings. The SMILES string of the molecule is C=CC(=O)OC(C)C(=O)OC1CSCCCCS1. The number of carbonyl (C=O) groups excluding carboxylic acids is 2. The quantitative estimate of drug-likeness (QED) is 0.584. The molecule has 0 radical (unpaired) electrons. The molecule has 1 rings (SSSR count). The maximum atomic E-state index is 11.7. The number of hydrogen-bond donors (Lipinski definition) is 0. The topological polar surface area (TPSA) is 52.6 Å². The van der Waals surface area contributed by atoms with Crippen LogP contribution in [0.5, 0.6) is 0 Å². The molecule has 102 valence electrons. The Balaban J connectivity index is 2.36. The molecular formula is C12H18O4S2. The molecule has 1 aliphatic rings. The summed E-state index contributed by atoms with van der Waals surface area (Å²) in [5.74, 6) is 1.79. The molecule has 0 amide bonds. The molecule has 0 aliphatic carbocycles. The average Bonchev–Trinajstić information content (AvgIpc) is 2.31. The Morgan fingerprint density at radius 3 is 2.83 bits per heavy atom. The molecule has 0 bridgehead atoms. The van der Waals surface area contributed by atoms with Gasteiger partial charge in [0.1, 0.15) is 0 Å². The molecular weight excluding hydrogens is 272 g/mol. The first-order valence-electron chi connectivity index (χ1n) is 5.86. The van der Waals surface area contributed by atoms with Crippen molar-refractivity contribution < 1.29 is 19.1 Å². The van der Waals surface area contributed by atoms with Crippen LogP contribution in [-0.4, -0.2) is 40.7 Å². The predicted molar refractivity (Wildman–Crippen MR) is 74.6 cm³/mol. The zero-order valence-electron chi connectivity index (χ0n) is 10.4. The fourth-order valence-corrected chi connectivity index (χ4v) is 3.62. The van der Waals surface area contributed by atoms with Crippen LogP contribution in [0.3, 0.4) is 0 Å². The highest BCUT2D eigenvalue weighted by Gasteiger charge is 2.23. The standard InChI is InChI=1S/C12H18O4S2/c1-3-10(13)15-9(2)12(14)16-11-8-17-6-4-5-7-18-11/h3,9,11H,1,4-8H2,2H3. The van der Waals surface area contributed by atoms with Crippen molar-refractivity contribution in [2.24, 2.45) is 0 Å². The molecule has 1 heterocycles. The normalized spacial score (nSPS) is 22.2. The van der Waals surface area contributed by atoms with Crippen molar-refractivity contribution in [3.05, 3.63) is 12.7 Å². The maximum absolute atomic E-state index is 11.7. The molecule has 1 fully saturated rings. The number of ether oxygens (including phenoxy) is 2. The third-order valence-corrected chi connectivity index (χ3v) is 4.77. The highest BCUT2D eigenvalue weighted by molar-refractivity contribution is 8.03. The van der Waals surface area contributed by atoms with E-state index in [9.17, 15) is 9.59 Å². The average molecular weight is 290 g/mol. The minimum absolute atomic E-state index is 0.146. The lowest BCUT2D eigenvalue weighted by molar-refractivity contribution is -0.164. The van der Waals surface area contributed by atoms with Gasteiger partial charge in [0.05, 0.1) is 0 Å². The van der Waals surface area contributed by atoms with Crippen LogP contribution in [0.1, 0.15) is 19.8 Å². The van der Waals surface area contributed by atoms with Crippen LogP contribution in [0, 0.1) is 0 Å². The molecule has 2 unspecified atom stereocenters. The molecule has 1 saturated heterocycles. The van der Waals surface area contributed by atoms with Crippen molar-refractivity contribution >= 4 is 35.5 Å². The summed E-state index contributed by atoms with van der Waals surface area (Å²) < 4.78 is 10.1. The van der Waals surface area contributed by atoms with Crippen molar-refractivity contribution in [1.82, 2.24) is 0 Å². The predicted octanol–water partition coefficient (Wildman–Crippen LogP) is 2.23. The van der Waals surface area contributed by atoms with Crippen molar-refractivity contribution in [3.8, 4) is 0 Å². The fraction of sp³-hybridized carbons (Fsp3) is 0.667. The molecule has 4 nitrogen and oxygen atoms in total. The monoisotopic (exact) mass is 290 g/mol. The van der Waals surface area contributed by atoms with Gasteiger partial charge in [-0.3, -0.25) is 0 Å². The first kappa shape index (κ1) is 15.4. The first-order chi connectivity index (χ1) is 8.63. The van der Waals surface area contributed by atoms with E-state index in [0.717, 1.165) is 29.8 Å². The number of hydrogen-bond acceptors (Lipinski definition) is 6. The third-order valence-electron chi connectivity index (χ3n) is 2.28. The van der Waals surface area contributed by atoms with E-state index >= 15 is 0 Å². The molecule has 6 heteroatoms. The van der Waals surface area contributed by atoms with E-state index in [1.807, 2.05) is 0 Å². The van der Waals surface area contributed by atoms with E-state index in [0.29, 0.717) is 0 Å². The number of thioether (sulfide) groups is 2. The second-order valence-corrected chi connectivity index (χ2v) is 6.22. The van der Waals surface area contributed by atoms with Gasteiger partial charge in [0.25, 0.3) is 0 Å². The number of rotatable bonds is 4. The van der Waals surface area contributed by atoms with E-state index < -0.39 is 18.0 Å². The summed E-state index contributed by atoms with van der Waals surface area (Å²) in [7, 11) is 0. The summed E-state index contributed by atoms with van der Waals surface area (Å²) in [6, 6.07) is 0. The van der Waals surface area contributed by atoms with Crippen LogP contribution < -0.4 is 0 Å². The Labute approximate surface area is 116 Å².